The van der Waals surface area contributed by atoms with Gasteiger partial charge < -0.3 is 41.1 Å². The van der Waals surface area contributed by atoms with Crippen molar-refractivity contribution in [3.63, 3.8) is 0 Å². The van der Waals surface area contributed by atoms with Crippen LogP contribution in [-0.2, 0) is 11.2 Å². The molecular formula is C25H30N6O5. The molecule has 2 aromatic carbocycles. The number of amides is 1. The molecule has 1 atom stereocenters. The summed E-state index contributed by atoms with van der Waals surface area (Å²) in [6.45, 7) is 0. The van der Waals surface area contributed by atoms with Gasteiger partial charge in [0.1, 0.15) is 5.75 Å². The molecule has 0 aliphatic rings. The molecule has 1 amide bonds. The summed E-state index contributed by atoms with van der Waals surface area (Å²) in [6.07, 6.45) is 5.33. The zero-order chi connectivity index (χ0) is 26.7. The van der Waals surface area contributed by atoms with Crippen LogP contribution >= 0.6 is 0 Å². The lowest BCUT2D eigenvalue weighted by Crippen LogP contribution is -2.38. The summed E-state index contributed by atoms with van der Waals surface area (Å²) in [5, 5.41) is 9.58. The van der Waals surface area contributed by atoms with Crippen LogP contribution in [-0.4, -0.2) is 50.4 Å². The SMILES string of the molecule is COc1ccc(C=C(C#N)c2cc(OC)c(OC)c(OC)c2)cc1N.NC(=O)[C@@H](N)Cc1c[nH]cn1. The molecule has 0 spiro atoms. The second-order valence-corrected chi connectivity index (χ2v) is 7.36. The predicted octanol–water partition coefficient (Wildman–Crippen LogP) is 2.13. The maximum atomic E-state index is 10.5. The highest BCUT2D eigenvalue weighted by Crippen LogP contribution is 2.40. The lowest BCUT2D eigenvalue weighted by atomic mass is 10.0. The van der Waals surface area contributed by atoms with Gasteiger partial charge in [-0.3, -0.25) is 4.79 Å². The first-order chi connectivity index (χ1) is 17.3. The number of benzene rings is 2. The fourth-order valence-corrected chi connectivity index (χ4v) is 3.15. The normalized spacial score (nSPS) is 11.4. The van der Waals surface area contributed by atoms with E-state index in [1.165, 1.54) is 27.7 Å². The number of nitrogen functional groups attached to an aromatic ring is 1. The van der Waals surface area contributed by atoms with Gasteiger partial charge in [-0.05, 0) is 41.5 Å². The predicted molar refractivity (Wildman–Crippen MR) is 136 cm³/mol. The monoisotopic (exact) mass is 494 g/mol. The number of ether oxygens (including phenoxy) is 4. The Hall–Kier alpha value is -4.69. The minimum atomic E-state index is -0.640. The molecular weight excluding hydrogens is 464 g/mol. The Labute approximate surface area is 209 Å². The molecule has 0 unspecified atom stereocenters. The number of rotatable bonds is 9. The third kappa shape index (κ3) is 7.15. The highest BCUT2D eigenvalue weighted by molar-refractivity contribution is 5.91. The van der Waals surface area contributed by atoms with Gasteiger partial charge >= 0.3 is 0 Å². The zero-order valence-electron chi connectivity index (χ0n) is 20.6. The van der Waals surface area contributed by atoms with Crippen molar-refractivity contribution in [2.75, 3.05) is 34.2 Å². The van der Waals surface area contributed by atoms with Gasteiger partial charge in [0.25, 0.3) is 0 Å². The highest BCUT2D eigenvalue weighted by Gasteiger charge is 2.15. The van der Waals surface area contributed by atoms with E-state index in [1.807, 2.05) is 6.07 Å². The number of allylic oxidation sites excluding steroid dienone is 1. The number of nitrogens with two attached hydrogens (primary N) is 3. The maximum Gasteiger partial charge on any atom is 0.234 e. The molecule has 11 nitrogen and oxygen atoms in total. The summed E-state index contributed by atoms with van der Waals surface area (Å²) in [5.41, 5.74) is 19.4. The Morgan fingerprint density at radius 2 is 1.72 bits per heavy atom. The van der Waals surface area contributed by atoms with Crippen LogP contribution in [0.5, 0.6) is 23.0 Å². The van der Waals surface area contributed by atoms with Crippen LogP contribution in [0.4, 0.5) is 5.69 Å². The van der Waals surface area contributed by atoms with Crippen molar-refractivity contribution in [1.82, 2.24) is 9.97 Å². The average Bonchev–Trinajstić information content (AvgIpc) is 3.39. The number of nitriles is 1. The summed E-state index contributed by atoms with van der Waals surface area (Å²) >= 11 is 0. The number of carbonyl (C=O) groups excluding carboxylic acids is 1. The van der Waals surface area contributed by atoms with E-state index in [0.717, 1.165) is 11.3 Å². The number of anilines is 1. The van der Waals surface area contributed by atoms with Crippen molar-refractivity contribution >= 4 is 23.2 Å². The van der Waals surface area contributed by atoms with Crippen LogP contribution in [0.3, 0.4) is 0 Å². The van der Waals surface area contributed by atoms with Gasteiger partial charge in [0, 0.05) is 12.6 Å². The first-order valence-electron chi connectivity index (χ1n) is 10.7. The molecule has 0 radical (unpaired) electrons. The van der Waals surface area contributed by atoms with Gasteiger partial charge in [-0.2, -0.15) is 5.26 Å². The number of nitrogens with one attached hydrogen (secondary N) is 1. The molecule has 3 aromatic rings. The smallest absolute Gasteiger partial charge is 0.234 e. The van der Waals surface area contributed by atoms with Crippen LogP contribution in [0.15, 0.2) is 42.9 Å². The van der Waals surface area contributed by atoms with E-state index in [4.69, 9.17) is 36.1 Å². The second-order valence-electron chi connectivity index (χ2n) is 7.36. The lowest BCUT2D eigenvalue weighted by Gasteiger charge is -2.14. The first-order valence-corrected chi connectivity index (χ1v) is 10.7. The summed E-state index contributed by atoms with van der Waals surface area (Å²) in [4.78, 5) is 17.1. The molecule has 1 aromatic heterocycles. The van der Waals surface area contributed by atoms with Crippen LogP contribution in [0.2, 0.25) is 0 Å². The molecule has 11 heteroatoms. The first kappa shape index (κ1) is 27.6. The fraction of sp³-hybridized carbons (Fsp3) is 0.240. The minimum absolute atomic E-state index is 0.388. The number of aromatic amines is 1. The van der Waals surface area contributed by atoms with Gasteiger partial charge in [-0.15, -0.1) is 0 Å². The number of primary amides is 1. The van der Waals surface area contributed by atoms with E-state index < -0.39 is 11.9 Å². The molecule has 190 valence electrons. The van der Waals surface area contributed by atoms with Gasteiger partial charge in [0.05, 0.1) is 63.8 Å². The summed E-state index contributed by atoms with van der Waals surface area (Å²) in [5.74, 6) is 1.51. The van der Waals surface area contributed by atoms with Crippen molar-refractivity contribution in [1.29, 1.82) is 5.26 Å². The molecule has 7 N–H and O–H groups in total. The van der Waals surface area contributed by atoms with Crippen molar-refractivity contribution in [2.45, 2.75) is 12.5 Å². The Morgan fingerprint density at radius 3 is 2.17 bits per heavy atom. The number of nitrogens with zero attached hydrogens (tertiary/aromatic N) is 2. The Bertz CT molecular complexity index is 1210. The number of imidazole rings is 1. The number of hydrogen-bond acceptors (Lipinski definition) is 9. The zero-order valence-corrected chi connectivity index (χ0v) is 20.6. The van der Waals surface area contributed by atoms with E-state index in [2.05, 4.69) is 16.0 Å². The van der Waals surface area contributed by atoms with E-state index in [1.54, 1.807) is 43.6 Å². The largest absolute Gasteiger partial charge is 0.495 e. The molecule has 36 heavy (non-hydrogen) atoms. The number of methoxy groups -OCH3 is 4. The molecule has 0 saturated heterocycles. The Balaban J connectivity index is 0.000000346. The maximum absolute atomic E-state index is 10.5. The van der Waals surface area contributed by atoms with Crippen molar-refractivity contribution in [3.05, 3.63) is 59.7 Å². The van der Waals surface area contributed by atoms with Gasteiger partial charge in [0.15, 0.2) is 11.5 Å². The molecule has 0 fully saturated rings. The van der Waals surface area contributed by atoms with Gasteiger partial charge in [-0.25, -0.2) is 4.98 Å². The topological polar surface area (TPSA) is 185 Å². The number of carbonyl (C=O) groups is 1. The minimum Gasteiger partial charge on any atom is -0.495 e. The van der Waals surface area contributed by atoms with Gasteiger partial charge in [0.2, 0.25) is 11.7 Å². The highest BCUT2D eigenvalue weighted by atomic mass is 16.5. The van der Waals surface area contributed by atoms with Crippen LogP contribution < -0.4 is 36.1 Å². The number of aromatic nitrogens is 2. The van der Waals surface area contributed by atoms with Crippen molar-refractivity contribution < 1.29 is 23.7 Å². The van der Waals surface area contributed by atoms with Crippen LogP contribution in [0.1, 0.15) is 16.8 Å². The number of hydrogen-bond donors (Lipinski definition) is 4. The molecule has 0 aliphatic carbocycles. The van der Waals surface area contributed by atoms with Gasteiger partial charge in [-0.1, -0.05) is 6.07 Å². The van der Waals surface area contributed by atoms with E-state index in [0.29, 0.717) is 46.2 Å². The van der Waals surface area contributed by atoms with E-state index in [9.17, 15) is 10.1 Å². The molecule has 3 rings (SSSR count). The average molecular weight is 495 g/mol. The number of H-pyrrole nitrogens is 1. The van der Waals surface area contributed by atoms with Crippen molar-refractivity contribution in [3.8, 4) is 29.1 Å². The summed E-state index contributed by atoms with van der Waals surface area (Å²) < 4.78 is 21.1. The van der Waals surface area contributed by atoms with Crippen molar-refractivity contribution in [2.24, 2.45) is 11.5 Å². The van der Waals surface area contributed by atoms with E-state index >= 15 is 0 Å². The molecule has 1 heterocycles. The Kier molecular flexibility index (Phi) is 10.2. The Morgan fingerprint density at radius 1 is 1.08 bits per heavy atom. The van der Waals surface area contributed by atoms with E-state index in [-0.39, 0.29) is 0 Å². The third-order valence-electron chi connectivity index (χ3n) is 5.01. The summed E-state index contributed by atoms with van der Waals surface area (Å²) in [7, 11) is 6.14. The molecule has 0 bridgehead atoms. The third-order valence-corrected chi connectivity index (χ3v) is 5.01. The van der Waals surface area contributed by atoms with Crippen LogP contribution in [0.25, 0.3) is 11.6 Å². The second kappa shape index (κ2) is 13.3. The fourth-order valence-electron chi connectivity index (χ4n) is 3.15. The quantitative estimate of drug-likeness (QED) is 0.196. The molecule has 0 aliphatic heterocycles. The summed E-state index contributed by atoms with van der Waals surface area (Å²) in [6, 6.07) is 10.3. The lowest BCUT2D eigenvalue weighted by molar-refractivity contribution is -0.119. The molecule has 0 saturated carbocycles. The van der Waals surface area contributed by atoms with Crippen LogP contribution in [0, 0.1) is 11.3 Å². The standard InChI is InChI=1S/C19H20N2O4.C6H10N4O/c1-22-16-6-5-12(8-15(16)21)7-14(11-20)13-9-17(23-2)19(25-4)18(10-13)24-3;7-5(6(8)11)1-4-2-9-3-10-4/h5-10H,21H2,1-4H3;2-3,5H,1,7H2,(H2,8,11)(H,9,10)/t;5-/m.0/s1.